The summed E-state index contributed by atoms with van der Waals surface area (Å²) < 4.78 is 0. The molecule has 1 aromatic carbocycles. The molecule has 1 aliphatic rings. The molecule has 1 saturated heterocycles. The van der Waals surface area contributed by atoms with E-state index in [1.165, 1.54) is 6.08 Å². The summed E-state index contributed by atoms with van der Waals surface area (Å²) in [6.07, 6.45) is 3.96. The molecule has 1 N–H and O–H groups in total. The van der Waals surface area contributed by atoms with E-state index in [9.17, 15) is 4.79 Å². The lowest BCUT2D eigenvalue weighted by atomic mass is 9.80. The molecule has 1 heterocycles. The van der Waals surface area contributed by atoms with E-state index >= 15 is 0 Å². The van der Waals surface area contributed by atoms with Gasteiger partial charge in [0.15, 0.2) is 0 Å². The molecule has 0 spiro atoms. The quantitative estimate of drug-likeness (QED) is 0.846. The highest BCUT2D eigenvalue weighted by Gasteiger charge is 2.32. The number of halogens is 1. The number of rotatable bonds is 3. The van der Waals surface area contributed by atoms with Crippen LogP contribution in [0.15, 0.2) is 24.3 Å². The monoisotopic (exact) mass is 307 g/mol. The number of carboxylic acid groups (broad SMARTS) is 1. The van der Waals surface area contributed by atoms with Crippen LogP contribution in [0.5, 0.6) is 0 Å². The van der Waals surface area contributed by atoms with E-state index in [2.05, 4.69) is 25.7 Å². The third kappa shape index (κ3) is 4.01. The van der Waals surface area contributed by atoms with Gasteiger partial charge in [0.05, 0.1) is 0 Å². The first-order chi connectivity index (χ1) is 9.77. The summed E-state index contributed by atoms with van der Waals surface area (Å²) in [5, 5.41) is 9.49. The molecule has 1 fully saturated rings. The minimum Gasteiger partial charge on any atom is -0.478 e. The number of carboxylic acids is 1. The van der Waals surface area contributed by atoms with Crippen molar-refractivity contribution in [2.75, 3.05) is 18.0 Å². The minimum atomic E-state index is -0.940. The van der Waals surface area contributed by atoms with Crippen LogP contribution in [0.4, 0.5) is 5.69 Å². The number of hydrogen-bond acceptors (Lipinski definition) is 2. The van der Waals surface area contributed by atoms with Crippen molar-refractivity contribution in [2.24, 2.45) is 11.3 Å². The highest BCUT2D eigenvalue weighted by atomic mass is 35.5. The Labute approximate surface area is 131 Å². The largest absolute Gasteiger partial charge is 0.478 e. The van der Waals surface area contributed by atoms with Crippen LogP contribution in [0.1, 0.15) is 32.8 Å². The Kier molecular flexibility index (Phi) is 4.62. The molecule has 1 atom stereocenters. The van der Waals surface area contributed by atoms with Gasteiger partial charge in [-0.15, -0.1) is 0 Å². The van der Waals surface area contributed by atoms with Gasteiger partial charge in [-0.25, -0.2) is 4.79 Å². The first-order valence-corrected chi connectivity index (χ1v) is 7.60. The van der Waals surface area contributed by atoms with Gasteiger partial charge in [-0.1, -0.05) is 38.4 Å². The van der Waals surface area contributed by atoms with E-state index in [-0.39, 0.29) is 5.41 Å². The van der Waals surface area contributed by atoms with Crippen LogP contribution < -0.4 is 4.90 Å². The van der Waals surface area contributed by atoms with Gasteiger partial charge < -0.3 is 10.0 Å². The van der Waals surface area contributed by atoms with Crippen LogP contribution in [-0.2, 0) is 4.79 Å². The summed E-state index contributed by atoms with van der Waals surface area (Å²) in [4.78, 5) is 13.0. The zero-order valence-corrected chi connectivity index (χ0v) is 13.5. The fourth-order valence-electron chi connectivity index (χ4n) is 2.78. The summed E-state index contributed by atoms with van der Waals surface area (Å²) in [6.45, 7) is 8.77. The molecule has 21 heavy (non-hydrogen) atoms. The molecule has 4 heteroatoms. The molecule has 1 aromatic rings. The number of benzene rings is 1. The maximum Gasteiger partial charge on any atom is 0.328 e. The lowest BCUT2D eigenvalue weighted by molar-refractivity contribution is -0.131. The van der Waals surface area contributed by atoms with Crippen LogP contribution in [0.25, 0.3) is 6.08 Å². The maximum absolute atomic E-state index is 10.7. The zero-order chi connectivity index (χ0) is 15.6. The Hall–Kier alpha value is -1.48. The molecule has 0 amide bonds. The molecule has 0 aromatic heterocycles. The summed E-state index contributed by atoms with van der Waals surface area (Å²) in [5.41, 5.74) is 2.20. The van der Waals surface area contributed by atoms with Crippen molar-refractivity contribution >= 4 is 29.3 Å². The number of carbonyl (C=O) groups is 1. The molecule has 0 saturated carbocycles. The highest BCUT2D eigenvalue weighted by Crippen LogP contribution is 2.37. The van der Waals surface area contributed by atoms with Crippen molar-refractivity contribution < 1.29 is 9.90 Å². The number of nitrogens with zero attached hydrogens (tertiary/aromatic N) is 1. The summed E-state index contributed by atoms with van der Waals surface area (Å²) in [7, 11) is 0. The van der Waals surface area contributed by atoms with Gasteiger partial charge in [-0.2, -0.15) is 0 Å². The van der Waals surface area contributed by atoms with E-state index in [0.717, 1.165) is 30.8 Å². The standard InChI is InChI=1S/C17H22ClNO2/c1-17(2,3)13-8-9-19(11-13)15-10-14(18)6-4-12(15)5-7-16(20)21/h4-7,10,13H,8-9,11H2,1-3H3,(H,20,21)/b7-5+. The molecule has 114 valence electrons. The molecule has 1 unspecified atom stereocenters. The number of anilines is 1. The van der Waals surface area contributed by atoms with Crippen LogP contribution >= 0.6 is 11.6 Å². The van der Waals surface area contributed by atoms with Crippen LogP contribution in [0.2, 0.25) is 5.02 Å². The second kappa shape index (κ2) is 6.10. The fourth-order valence-corrected chi connectivity index (χ4v) is 2.94. The van der Waals surface area contributed by atoms with E-state index in [0.29, 0.717) is 10.9 Å². The van der Waals surface area contributed by atoms with Crippen molar-refractivity contribution in [3.63, 3.8) is 0 Å². The SMILES string of the molecule is CC(C)(C)C1CCN(c2cc(Cl)ccc2/C=C/C(=O)O)C1. The van der Waals surface area contributed by atoms with Crippen molar-refractivity contribution in [3.8, 4) is 0 Å². The molecule has 0 aliphatic carbocycles. The van der Waals surface area contributed by atoms with E-state index in [1.54, 1.807) is 12.1 Å². The topological polar surface area (TPSA) is 40.5 Å². The Balaban J connectivity index is 2.27. The lowest BCUT2D eigenvalue weighted by Gasteiger charge is -2.28. The summed E-state index contributed by atoms with van der Waals surface area (Å²) in [6, 6.07) is 5.60. The first kappa shape index (κ1) is 15.9. The summed E-state index contributed by atoms with van der Waals surface area (Å²) >= 11 is 6.12. The second-order valence-electron chi connectivity index (χ2n) is 6.67. The van der Waals surface area contributed by atoms with Gasteiger partial charge in [0, 0.05) is 29.9 Å². The Morgan fingerprint density at radius 1 is 1.43 bits per heavy atom. The molecular formula is C17H22ClNO2. The first-order valence-electron chi connectivity index (χ1n) is 7.23. The molecular weight excluding hydrogens is 286 g/mol. The van der Waals surface area contributed by atoms with Crippen LogP contribution in [0.3, 0.4) is 0 Å². The van der Waals surface area contributed by atoms with E-state index < -0.39 is 5.97 Å². The van der Waals surface area contributed by atoms with Gasteiger partial charge in [0.2, 0.25) is 0 Å². The molecule has 1 aliphatic heterocycles. The average Bonchev–Trinajstić information content (AvgIpc) is 2.86. The predicted molar refractivity (Wildman–Crippen MR) is 87.9 cm³/mol. The molecule has 0 radical (unpaired) electrons. The van der Waals surface area contributed by atoms with Crippen molar-refractivity contribution in [1.82, 2.24) is 0 Å². The number of hydrogen-bond donors (Lipinski definition) is 1. The Morgan fingerprint density at radius 2 is 2.14 bits per heavy atom. The minimum absolute atomic E-state index is 0.282. The van der Waals surface area contributed by atoms with Crippen molar-refractivity contribution in [1.29, 1.82) is 0 Å². The normalized spacial score (nSPS) is 19.4. The third-order valence-electron chi connectivity index (χ3n) is 4.15. The molecule has 2 rings (SSSR count). The fraction of sp³-hybridized carbons (Fsp3) is 0.471. The van der Waals surface area contributed by atoms with E-state index in [4.69, 9.17) is 16.7 Å². The van der Waals surface area contributed by atoms with Gasteiger partial charge in [-0.05, 0) is 41.5 Å². The highest BCUT2D eigenvalue weighted by molar-refractivity contribution is 6.31. The Morgan fingerprint density at radius 3 is 2.71 bits per heavy atom. The Bertz CT molecular complexity index is 560. The molecule has 3 nitrogen and oxygen atoms in total. The van der Waals surface area contributed by atoms with Crippen molar-refractivity contribution in [2.45, 2.75) is 27.2 Å². The smallest absolute Gasteiger partial charge is 0.328 e. The second-order valence-corrected chi connectivity index (χ2v) is 7.11. The predicted octanol–water partition coefficient (Wildman–Crippen LogP) is 4.31. The maximum atomic E-state index is 10.7. The van der Waals surface area contributed by atoms with Gasteiger partial charge >= 0.3 is 5.97 Å². The van der Waals surface area contributed by atoms with Crippen LogP contribution in [0, 0.1) is 11.3 Å². The van der Waals surface area contributed by atoms with Gasteiger partial charge in [0.25, 0.3) is 0 Å². The van der Waals surface area contributed by atoms with Crippen molar-refractivity contribution in [3.05, 3.63) is 34.9 Å². The van der Waals surface area contributed by atoms with Crippen LogP contribution in [-0.4, -0.2) is 24.2 Å². The summed E-state index contributed by atoms with van der Waals surface area (Å²) in [5.74, 6) is -0.308. The van der Waals surface area contributed by atoms with E-state index in [1.807, 2.05) is 12.1 Å². The van der Waals surface area contributed by atoms with Gasteiger partial charge in [-0.3, -0.25) is 0 Å². The zero-order valence-electron chi connectivity index (χ0n) is 12.8. The number of aliphatic carboxylic acids is 1. The van der Waals surface area contributed by atoms with Gasteiger partial charge in [0.1, 0.15) is 0 Å². The molecule has 0 bridgehead atoms. The third-order valence-corrected chi connectivity index (χ3v) is 4.39. The average molecular weight is 308 g/mol. The lowest BCUT2D eigenvalue weighted by Crippen LogP contribution is -2.26.